The Morgan fingerprint density at radius 2 is 2.16 bits per heavy atom. The molecule has 0 spiro atoms. The molecule has 96 valence electrons. The summed E-state index contributed by atoms with van der Waals surface area (Å²) in [4.78, 5) is 16.2. The van der Waals surface area contributed by atoms with E-state index >= 15 is 0 Å². The molecule has 0 aliphatic carbocycles. The smallest absolute Gasteiger partial charge is 0.260 e. The predicted molar refractivity (Wildman–Crippen MR) is 68.6 cm³/mol. The van der Waals surface area contributed by atoms with Crippen LogP contribution in [-0.4, -0.2) is 30.3 Å². The van der Waals surface area contributed by atoms with Crippen molar-refractivity contribution in [2.45, 2.75) is 0 Å². The first-order valence-corrected chi connectivity index (χ1v) is 5.53. The molecule has 0 saturated carbocycles. The molecule has 19 heavy (non-hydrogen) atoms. The van der Waals surface area contributed by atoms with Gasteiger partial charge in [0.2, 0.25) is 0 Å². The lowest BCUT2D eigenvalue weighted by Gasteiger charge is -2.05. The van der Waals surface area contributed by atoms with Gasteiger partial charge in [0.1, 0.15) is 0 Å². The fraction of sp³-hybridized carbons (Fsp3) is 0.0909. The van der Waals surface area contributed by atoms with Crippen LogP contribution in [0.4, 0.5) is 11.5 Å². The van der Waals surface area contributed by atoms with Gasteiger partial charge in [-0.2, -0.15) is 10.2 Å². The van der Waals surface area contributed by atoms with E-state index in [0.29, 0.717) is 22.6 Å². The van der Waals surface area contributed by atoms with E-state index in [9.17, 15) is 4.79 Å². The molecule has 3 rings (SSSR count). The monoisotopic (exact) mass is 257 g/mol. The summed E-state index contributed by atoms with van der Waals surface area (Å²) in [5, 5.41) is 10.7. The second-order valence-corrected chi connectivity index (χ2v) is 3.99. The molecule has 0 saturated heterocycles. The Hall–Kier alpha value is -2.90. The number of nitrogen functional groups attached to an aromatic ring is 1. The molecule has 0 unspecified atom stereocenters. The Balaban J connectivity index is 1.97. The number of nitrogens with one attached hydrogen (secondary N) is 1. The number of aryl methyl sites for hydroxylation is 1. The van der Waals surface area contributed by atoms with E-state index in [2.05, 4.69) is 20.5 Å². The number of nitrogens with two attached hydrogens (primary N) is 1. The minimum absolute atomic E-state index is 0.307. The van der Waals surface area contributed by atoms with E-state index in [1.54, 1.807) is 30.2 Å². The number of anilines is 2. The van der Waals surface area contributed by atoms with Crippen molar-refractivity contribution in [2.24, 2.45) is 7.05 Å². The van der Waals surface area contributed by atoms with E-state index < -0.39 is 0 Å². The van der Waals surface area contributed by atoms with Gasteiger partial charge in [-0.1, -0.05) is 0 Å². The fourth-order valence-electron chi connectivity index (χ4n) is 1.79. The van der Waals surface area contributed by atoms with Crippen LogP contribution in [0.5, 0.6) is 0 Å². The molecular formula is C11H11N7O. The minimum atomic E-state index is -0.307. The minimum Gasteiger partial charge on any atom is -0.394 e. The molecule has 3 N–H and O–H groups in total. The average molecular weight is 257 g/mol. The van der Waals surface area contributed by atoms with Gasteiger partial charge >= 0.3 is 0 Å². The Morgan fingerprint density at radius 1 is 1.32 bits per heavy atom. The summed E-state index contributed by atoms with van der Waals surface area (Å²) in [7, 11) is 1.70. The maximum absolute atomic E-state index is 12.2. The van der Waals surface area contributed by atoms with Gasteiger partial charge in [-0.25, -0.2) is 4.52 Å². The van der Waals surface area contributed by atoms with Crippen molar-refractivity contribution in [2.75, 3.05) is 11.1 Å². The van der Waals surface area contributed by atoms with Crippen molar-refractivity contribution >= 4 is 22.9 Å². The standard InChI is InChI=1S/C11H11N7O/c1-17-10(8(12)5-14-17)16-11(19)7-4-15-18-3-2-13-6-9(7)18/h2-6H,12H2,1H3,(H,16,19). The summed E-state index contributed by atoms with van der Waals surface area (Å²) in [6.07, 6.45) is 7.81. The van der Waals surface area contributed by atoms with Crippen molar-refractivity contribution < 1.29 is 4.79 Å². The highest BCUT2D eigenvalue weighted by molar-refractivity contribution is 6.09. The van der Waals surface area contributed by atoms with Gasteiger partial charge in [0, 0.05) is 19.4 Å². The number of carbonyl (C=O) groups is 1. The Morgan fingerprint density at radius 3 is 2.89 bits per heavy atom. The van der Waals surface area contributed by atoms with Crippen molar-refractivity contribution in [1.29, 1.82) is 0 Å². The van der Waals surface area contributed by atoms with Crippen LogP contribution in [0.3, 0.4) is 0 Å². The van der Waals surface area contributed by atoms with Crippen LogP contribution in [-0.2, 0) is 7.05 Å². The van der Waals surface area contributed by atoms with Crippen LogP contribution in [0, 0.1) is 0 Å². The number of amides is 1. The van der Waals surface area contributed by atoms with Crippen LogP contribution in [0.25, 0.3) is 5.52 Å². The van der Waals surface area contributed by atoms with Gasteiger partial charge in [-0.15, -0.1) is 0 Å². The van der Waals surface area contributed by atoms with Crippen molar-refractivity contribution in [3.8, 4) is 0 Å². The van der Waals surface area contributed by atoms with E-state index in [4.69, 9.17) is 5.73 Å². The Labute approximate surface area is 107 Å². The van der Waals surface area contributed by atoms with Gasteiger partial charge in [0.25, 0.3) is 5.91 Å². The SMILES string of the molecule is Cn1ncc(N)c1NC(=O)c1cnn2ccncc12. The summed E-state index contributed by atoms with van der Waals surface area (Å²) in [6.45, 7) is 0. The molecule has 0 aromatic carbocycles. The molecule has 0 fully saturated rings. The maximum Gasteiger partial charge on any atom is 0.260 e. The summed E-state index contributed by atoms with van der Waals surface area (Å²) in [5.74, 6) is 0.145. The summed E-state index contributed by atoms with van der Waals surface area (Å²) < 4.78 is 3.08. The lowest BCUT2D eigenvalue weighted by molar-refractivity contribution is 0.102. The van der Waals surface area contributed by atoms with E-state index in [1.165, 1.54) is 17.1 Å². The van der Waals surface area contributed by atoms with E-state index in [0.717, 1.165) is 0 Å². The molecule has 3 aromatic rings. The average Bonchev–Trinajstić information content (AvgIpc) is 2.97. The van der Waals surface area contributed by atoms with Crippen LogP contribution in [0.15, 0.2) is 31.0 Å². The normalized spacial score (nSPS) is 10.8. The number of hydrogen-bond donors (Lipinski definition) is 2. The zero-order valence-electron chi connectivity index (χ0n) is 10.1. The molecule has 1 amide bonds. The van der Waals surface area contributed by atoms with Crippen molar-refractivity contribution in [1.82, 2.24) is 24.4 Å². The first-order valence-electron chi connectivity index (χ1n) is 5.53. The molecule has 0 bridgehead atoms. The molecular weight excluding hydrogens is 246 g/mol. The lowest BCUT2D eigenvalue weighted by Crippen LogP contribution is -2.15. The molecule has 0 radical (unpaired) electrons. The quantitative estimate of drug-likeness (QED) is 0.687. The Bertz CT molecular complexity index is 738. The van der Waals surface area contributed by atoms with E-state index in [-0.39, 0.29) is 5.91 Å². The molecule has 0 atom stereocenters. The maximum atomic E-state index is 12.2. The number of aromatic nitrogens is 5. The second-order valence-electron chi connectivity index (χ2n) is 3.99. The van der Waals surface area contributed by atoms with Gasteiger partial charge in [-0.3, -0.25) is 14.5 Å². The Kier molecular flexibility index (Phi) is 2.41. The summed E-state index contributed by atoms with van der Waals surface area (Å²) >= 11 is 0. The number of fused-ring (bicyclic) bond motifs is 1. The molecule has 8 heteroatoms. The van der Waals surface area contributed by atoms with Crippen molar-refractivity contribution in [3.63, 3.8) is 0 Å². The molecule has 0 aliphatic heterocycles. The highest BCUT2D eigenvalue weighted by atomic mass is 16.1. The van der Waals surface area contributed by atoms with Crippen molar-refractivity contribution in [3.05, 3.63) is 36.5 Å². The first-order chi connectivity index (χ1) is 9.16. The third-order valence-corrected chi connectivity index (χ3v) is 2.77. The predicted octanol–water partition coefficient (Wildman–Crippen LogP) is 0.297. The van der Waals surface area contributed by atoms with Crippen LogP contribution in [0.1, 0.15) is 10.4 Å². The third kappa shape index (κ3) is 1.79. The second kappa shape index (κ2) is 4.09. The molecule has 3 aromatic heterocycles. The first kappa shape index (κ1) is 11.2. The summed E-state index contributed by atoms with van der Waals surface area (Å²) in [5.41, 5.74) is 7.18. The number of nitrogens with zero attached hydrogens (tertiary/aromatic N) is 5. The fourth-order valence-corrected chi connectivity index (χ4v) is 1.79. The number of rotatable bonds is 2. The topological polar surface area (TPSA) is 103 Å². The largest absolute Gasteiger partial charge is 0.394 e. The zero-order chi connectivity index (χ0) is 13.4. The van der Waals surface area contributed by atoms with Gasteiger partial charge in [-0.05, 0) is 0 Å². The molecule has 0 aliphatic rings. The van der Waals surface area contributed by atoms with Crippen LogP contribution < -0.4 is 11.1 Å². The lowest BCUT2D eigenvalue weighted by atomic mass is 10.3. The summed E-state index contributed by atoms with van der Waals surface area (Å²) in [6, 6.07) is 0. The van der Waals surface area contributed by atoms with Crippen LogP contribution >= 0.6 is 0 Å². The molecule has 8 nitrogen and oxygen atoms in total. The van der Waals surface area contributed by atoms with E-state index in [1.807, 2.05) is 0 Å². The highest BCUT2D eigenvalue weighted by Gasteiger charge is 2.15. The van der Waals surface area contributed by atoms with Gasteiger partial charge in [0.05, 0.1) is 35.4 Å². The zero-order valence-corrected chi connectivity index (χ0v) is 10.1. The molecule has 3 heterocycles. The van der Waals surface area contributed by atoms with Gasteiger partial charge in [0.15, 0.2) is 5.82 Å². The van der Waals surface area contributed by atoms with Crippen LogP contribution in [0.2, 0.25) is 0 Å². The number of carbonyl (C=O) groups excluding carboxylic acids is 1. The van der Waals surface area contributed by atoms with Gasteiger partial charge < -0.3 is 11.1 Å². The highest BCUT2D eigenvalue weighted by Crippen LogP contribution is 2.18. The number of hydrogen-bond acceptors (Lipinski definition) is 5. The third-order valence-electron chi connectivity index (χ3n) is 2.77.